The SMILES string of the molecule is COc1ccc(C(Cl)c2ccc(Br)cc2OC)c(OC)c1. The first-order chi connectivity index (χ1) is 10.1. The van der Waals surface area contributed by atoms with Gasteiger partial charge in [0.2, 0.25) is 0 Å². The summed E-state index contributed by atoms with van der Waals surface area (Å²) in [5.41, 5.74) is 1.74. The Morgan fingerprint density at radius 2 is 1.43 bits per heavy atom. The van der Waals surface area contributed by atoms with Gasteiger partial charge in [-0.15, -0.1) is 11.6 Å². The molecule has 0 aromatic heterocycles. The summed E-state index contributed by atoms with van der Waals surface area (Å²) in [6, 6.07) is 11.3. The fraction of sp³-hybridized carbons (Fsp3) is 0.250. The molecule has 0 saturated carbocycles. The lowest BCUT2D eigenvalue weighted by Gasteiger charge is -2.18. The van der Waals surface area contributed by atoms with Gasteiger partial charge in [-0.3, -0.25) is 0 Å². The van der Waals surface area contributed by atoms with Gasteiger partial charge in [0.15, 0.2) is 0 Å². The van der Waals surface area contributed by atoms with Crippen molar-refractivity contribution in [2.75, 3.05) is 21.3 Å². The minimum absolute atomic E-state index is 0.381. The lowest BCUT2D eigenvalue weighted by Crippen LogP contribution is -2.00. The Hall–Kier alpha value is -1.39. The molecule has 21 heavy (non-hydrogen) atoms. The fourth-order valence-corrected chi connectivity index (χ4v) is 2.79. The van der Waals surface area contributed by atoms with Gasteiger partial charge >= 0.3 is 0 Å². The number of benzene rings is 2. The molecule has 2 aromatic rings. The summed E-state index contributed by atoms with van der Waals surface area (Å²) >= 11 is 10.1. The number of rotatable bonds is 5. The quantitative estimate of drug-likeness (QED) is 0.706. The smallest absolute Gasteiger partial charge is 0.127 e. The zero-order valence-corrected chi connectivity index (χ0v) is 14.4. The molecule has 2 aromatic carbocycles. The molecule has 0 bridgehead atoms. The predicted molar refractivity (Wildman–Crippen MR) is 87.9 cm³/mol. The Morgan fingerprint density at radius 1 is 0.857 bits per heavy atom. The molecule has 0 aliphatic heterocycles. The molecule has 0 N–H and O–H groups in total. The van der Waals surface area contributed by atoms with Gasteiger partial charge in [0.1, 0.15) is 17.2 Å². The zero-order valence-electron chi connectivity index (χ0n) is 12.0. The second-order valence-corrected chi connectivity index (χ2v) is 5.71. The third-order valence-electron chi connectivity index (χ3n) is 3.18. The van der Waals surface area contributed by atoms with Crippen LogP contribution in [0.3, 0.4) is 0 Å². The van der Waals surface area contributed by atoms with Crippen molar-refractivity contribution in [2.24, 2.45) is 0 Å². The van der Waals surface area contributed by atoms with Crippen LogP contribution >= 0.6 is 27.5 Å². The maximum Gasteiger partial charge on any atom is 0.127 e. The molecule has 112 valence electrons. The first kappa shape index (κ1) is 16.0. The summed E-state index contributed by atoms with van der Waals surface area (Å²) in [5, 5.41) is -0.381. The topological polar surface area (TPSA) is 27.7 Å². The third-order valence-corrected chi connectivity index (χ3v) is 4.15. The number of methoxy groups -OCH3 is 3. The van der Waals surface area contributed by atoms with Gasteiger partial charge < -0.3 is 14.2 Å². The zero-order chi connectivity index (χ0) is 15.4. The lowest BCUT2D eigenvalue weighted by atomic mass is 10.0. The van der Waals surface area contributed by atoms with Gasteiger partial charge in [0.05, 0.1) is 26.7 Å². The minimum atomic E-state index is -0.381. The van der Waals surface area contributed by atoms with Crippen molar-refractivity contribution in [3.63, 3.8) is 0 Å². The highest BCUT2D eigenvalue weighted by Crippen LogP contribution is 2.41. The van der Waals surface area contributed by atoms with Gasteiger partial charge in [0, 0.05) is 21.7 Å². The van der Waals surface area contributed by atoms with E-state index in [1.807, 2.05) is 36.4 Å². The van der Waals surface area contributed by atoms with E-state index in [9.17, 15) is 0 Å². The van der Waals surface area contributed by atoms with Crippen LogP contribution in [0.1, 0.15) is 16.5 Å². The van der Waals surface area contributed by atoms with Crippen LogP contribution in [0.4, 0.5) is 0 Å². The monoisotopic (exact) mass is 370 g/mol. The van der Waals surface area contributed by atoms with E-state index >= 15 is 0 Å². The highest BCUT2D eigenvalue weighted by atomic mass is 79.9. The molecule has 1 unspecified atom stereocenters. The normalized spacial score (nSPS) is 11.9. The Kier molecular flexibility index (Phi) is 5.37. The van der Waals surface area contributed by atoms with E-state index in [4.69, 9.17) is 25.8 Å². The van der Waals surface area contributed by atoms with E-state index in [2.05, 4.69) is 15.9 Å². The van der Waals surface area contributed by atoms with Gasteiger partial charge in [-0.2, -0.15) is 0 Å². The number of halogens is 2. The third kappa shape index (κ3) is 3.44. The van der Waals surface area contributed by atoms with Crippen LogP contribution in [0.25, 0.3) is 0 Å². The number of alkyl halides is 1. The van der Waals surface area contributed by atoms with E-state index in [0.717, 1.165) is 27.1 Å². The summed E-state index contributed by atoms with van der Waals surface area (Å²) < 4.78 is 17.0. The summed E-state index contributed by atoms with van der Waals surface area (Å²) in [4.78, 5) is 0. The molecular formula is C16H16BrClO3. The molecule has 0 saturated heterocycles. The largest absolute Gasteiger partial charge is 0.497 e. The minimum Gasteiger partial charge on any atom is -0.497 e. The highest BCUT2D eigenvalue weighted by Gasteiger charge is 2.20. The summed E-state index contributed by atoms with van der Waals surface area (Å²) in [6.45, 7) is 0. The molecule has 3 nitrogen and oxygen atoms in total. The Labute approximate surface area is 137 Å². The standard InChI is InChI=1S/C16H16BrClO3/c1-19-11-5-7-13(15(9-11)21-3)16(18)12-6-4-10(17)8-14(12)20-2/h4-9,16H,1-3H3. The van der Waals surface area contributed by atoms with Gasteiger partial charge in [0.25, 0.3) is 0 Å². The molecule has 0 amide bonds. The molecule has 0 spiro atoms. The molecule has 0 fully saturated rings. The Morgan fingerprint density at radius 3 is 2.00 bits per heavy atom. The second-order valence-electron chi connectivity index (χ2n) is 4.36. The maximum atomic E-state index is 6.63. The van der Waals surface area contributed by atoms with Crippen molar-refractivity contribution in [3.8, 4) is 17.2 Å². The van der Waals surface area contributed by atoms with Crippen molar-refractivity contribution < 1.29 is 14.2 Å². The van der Waals surface area contributed by atoms with Crippen LogP contribution < -0.4 is 14.2 Å². The first-order valence-electron chi connectivity index (χ1n) is 6.30. The molecule has 1 atom stereocenters. The van der Waals surface area contributed by atoms with Crippen LogP contribution in [-0.4, -0.2) is 21.3 Å². The van der Waals surface area contributed by atoms with Gasteiger partial charge in [-0.05, 0) is 24.3 Å². The van der Waals surface area contributed by atoms with Gasteiger partial charge in [-0.25, -0.2) is 0 Å². The fourth-order valence-electron chi connectivity index (χ4n) is 2.09. The molecule has 0 aliphatic rings. The van der Waals surface area contributed by atoms with E-state index < -0.39 is 0 Å². The molecule has 0 radical (unpaired) electrons. The van der Waals surface area contributed by atoms with E-state index in [1.54, 1.807) is 21.3 Å². The summed E-state index contributed by atoms with van der Waals surface area (Å²) in [7, 11) is 4.85. The molecular weight excluding hydrogens is 356 g/mol. The molecule has 0 heterocycles. The molecule has 2 rings (SSSR count). The second kappa shape index (κ2) is 7.05. The highest BCUT2D eigenvalue weighted by molar-refractivity contribution is 9.10. The van der Waals surface area contributed by atoms with Gasteiger partial charge in [-0.1, -0.05) is 22.0 Å². The summed E-state index contributed by atoms with van der Waals surface area (Å²) in [5.74, 6) is 2.13. The van der Waals surface area contributed by atoms with Crippen LogP contribution in [0, 0.1) is 0 Å². The lowest BCUT2D eigenvalue weighted by molar-refractivity contribution is 0.390. The van der Waals surface area contributed by atoms with Crippen LogP contribution in [0.5, 0.6) is 17.2 Å². The molecule has 5 heteroatoms. The predicted octanol–water partition coefficient (Wildman–Crippen LogP) is 4.80. The average Bonchev–Trinajstić information content (AvgIpc) is 2.53. The molecule has 0 aliphatic carbocycles. The van der Waals surface area contributed by atoms with E-state index in [-0.39, 0.29) is 5.38 Å². The van der Waals surface area contributed by atoms with Crippen molar-refractivity contribution in [3.05, 3.63) is 52.0 Å². The number of hydrogen-bond acceptors (Lipinski definition) is 3. The number of hydrogen-bond donors (Lipinski definition) is 0. The van der Waals surface area contributed by atoms with Crippen LogP contribution in [0.2, 0.25) is 0 Å². The van der Waals surface area contributed by atoms with Crippen LogP contribution in [0.15, 0.2) is 40.9 Å². The Balaban J connectivity index is 2.46. The van der Waals surface area contributed by atoms with Crippen molar-refractivity contribution in [1.82, 2.24) is 0 Å². The van der Waals surface area contributed by atoms with Crippen molar-refractivity contribution in [1.29, 1.82) is 0 Å². The average molecular weight is 372 g/mol. The number of ether oxygens (including phenoxy) is 3. The van der Waals surface area contributed by atoms with Crippen LogP contribution in [-0.2, 0) is 0 Å². The first-order valence-corrected chi connectivity index (χ1v) is 7.53. The van der Waals surface area contributed by atoms with E-state index in [1.165, 1.54) is 0 Å². The summed E-state index contributed by atoms with van der Waals surface area (Å²) in [6.07, 6.45) is 0. The Bertz CT molecular complexity index is 631. The van der Waals surface area contributed by atoms with Crippen molar-refractivity contribution >= 4 is 27.5 Å². The maximum absolute atomic E-state index is 6.63. The van der Waals surface area contributed by atoms with E-state index in [0.29, 0.717) is 5.75 Å². The van der Waals surface area contributed by atoms with Crippen molar-refractivity contribution in [2.45, 2.75) is 5.38 Å².